The summed E-state index contributed by atoms with van der Waals surface area (Å²) >= 11 is 0. The maximum absolute atomic E-state index is 13.7. The van der Waals surface area contributed by atoms with E-state index in [2.05, 4.69) is 9.73 Å². The number of aliphatic imine (C=N–C) groups is 1. The quantitative estimate of drug-likeness (QED) is 0.513. The third-order valence-corrected chi connectivity index (χ3v) is 4.11. The molecule has 0 saturated heterocycles. The Morgan fingerprint density at radius 2 is 1.53 bits per heavy atom. The van der Waals surface area contributed by atoms with Crippen molar-refractivity contribution in [1.82, 2.24) is 0 Å². The van der Waals surface area contributed by atoms with Crippen molar-refractivity contribution in [1.29, 1.82) is 0 Å². The molecule has 2 atom stereocenters. The molecule has 0 aliphatic carbocycles. The fourth-order valence-electron chi connectivity index (χ4n) is 3.03. The van der Waals surface area contributed by atoms with E-state index in [-0.39, 0.29) is 18.8 Å². The molecular formula is C19H17F6NO4. The van der Waals surface area contributed by atoms with Crippen LogP contribution in [0.3, 0.4) is 0 Å². The normalized spacial score (nSPS) is 19.9. The van der Waals surface area contributed by atoms with Crippen LogP contribution < -0.4 is 0 Å². The zero-order chi connectivity index (χ0) is 22.7. The van der Waals surface area contributed by atoms with Crippen molar-refractivity contribution in [3.05, 3.63) is 41.5 Å². The Morgan fingerprint density at radius 1 is 0.967 bits per heavy atom. The van der Waals surface area contributed by atoms with Crippen LogP contribution in [0, 0.1) is 5.92 Å². The molecular weight excluding hydrogens is 420 g/mol. The van der Waals surface area contributed by atoms with E-state index in [0.29, 0.717) is 0 Å². The van der Waals surface area contributed by atoms with Crippen molar-refractivity contribution in [2.75, 3.05) is 13.2 Å². The zero-order valence-corrected chi connectivity index (χ0v) is 15.8. The largest absolute Gasteiger partial charge is 0.465 e. The van der Waals surface area contributed by atoms with Gasteiger partial charge in [-0.1, -0.05) is 30.3 Å². The molecule has 0 amide bonds. The number of esters is 2. The highest BCUT2D eigenvalue weighted by molar-refractivity contribution is 6.28. The van der Waals surface area contributed by atoms with Crippen molar-refractivity contribution in [2.45, 2.75) is 32.2 Å². The minimum Gasteiger partial charge on any atom is -0.465 e. The molecule has 0 aromatic heterocycles. The predicted molar refractivity (Wildman–Crippen MR) is 93.5 cm³/mol. The van der Waals surface area contributed by atoms with Crippen LogP contribution in [0.2, 0.25) is 0 Å². The van der Waals surface area contributed by atoms with Crippen LogP contribution in [0.5, 0.6) is 0 Å². The molecule has 2 unspecified atom stereocenters. The number of halogens is 6. The number of carbonyl (C=O) groups is 2. The van der Waals surface area contributed by atoms with Crippen molar-refractivity contribution < 1.29 is 45.4 Å². The first kappa shape index (κ1) is 23.4. The summed E-state index contributed by atoms with van der Waals surface area (Å²) in [5, 5.41) is 0. The monoisotopic (exact) mass is 437 g/mol. The number of benzene rings is 1. The van der Waals surface area contributed by atoms with Gasteiger partial charge in [-0.25, -0.2) is 4.79 Å². The van der Waals surface area contributed by atoms with Crippen LogP contribution in [0.4, 0.5) is 26.3 Å². The molecule has 0 spiro atoms. The van der Waals surface area contributed by atoms with E-state index < -0.39 is 53.1 Å². The van der Waals surface area contributed by atoms with Crippen molar-refractivity contribution in [3.8, 4) is 0 Å². The van der Waals surface area contributed by atoms with Crippen LogP contribution >= 0.6 is 0 Å². The summed E-state index contributed by atoms with van der Waals surface area (Å²) in [6.07, 6.45) is -10.7. The topological polar surface area (TPSA) is 65.0 Å². The van der Waals surface area contributed by atoms with Gasteiger partial charge in [0.05, 0.1) is 18.8 Å². The summed E-state index contributed by atoms with van der Waals surface area (Å²) in [7, 11) is 0. The Hall–Kier alpha value is -2.85. The second kappa shape index (κ2) is 8.88. The van der Waals surface area contributed by atoms with Crippen LogP contribution in [0.1, 0.15) is 19.4 Å². The number of nitrogens with zero attached hydrogens (tertiary/aromatic N) is 1. The molecule has 164 valence electrons. The fraction of sp³-hybridized carbons (Fsp3) is 0.421. The minimum absolute atomic E-state index is 0.190. The standard InChI is InChI=1S/C19H17F6NO4/c1-3-29-16(27)12-11(10-8-6-5-7-9-10)13(17(28)30-4-2)15(19(23,24)25)26-14(12)18(20,21)22/h5-9,12,14H,3-4H2,1-2H3. The summed E-state index contributed by atoms with van der Waals surface area (Å²) in [6.45, 7) is 1.97. The number of hydrogen-bond donors (Lipinski definition) is 0. The van der Waals surface area contributed by atoms with Gasteiger partial charge in [-0.15, -0.1) is 0 Å². The second-order valence-electron chi connectivity index (χ2n) is 6.07. The number of hydrogen-bond acceptors (Lipinski definition) is 5. The average molecular weight is 437 g/mol. The highest BCUT2D eigenvalue weighted by Gasteiger charge is 2.57. The Bertz CT molecular complexity index is 858. The smallest absolute Gasteiger partial charge is 0.433 e. The van der Waals surface area contributed by atoms with Gasteiger partial charge in [0.1, 0.15) is 5.92 Å². The minimum atomic E-state index is -5.41. The van der Waals surface area contributed by atoms with E-state index in [1.54, 1.807) is 0 Å². The molecule has 11 heteroatoms. The summed E-state index contributed by atoms with van der Waals surface area (Å²) < 4.78 is 91.4. The highest BCUT2D eigenvalue weighted by atomic mass is 19.4. The Balaban J connectivity index is 2.94. The lowest BCUT2D eigenvalue weighted by atomic mass is 9.79. The van der Waals surface area contributed by atoms with Crippen LogP contribution in [-0.2, 0) is 19.1 Å². The Kier molecular flexibility index (Phi) is 6.94. The van der Waals surface area contributed by atoms with Crippen molar-refractivity contribution >= 4 is 23.2 Å². The molecule has 1 aliphatic rings. The summed E-state index contributed by atoms with van der Waals surface area (Å²) in [4.78, 5) is 27.7. The van der Waals surface area contributed by atoms with Crippen LogP contribution in [-0.4, -0.2) is 49.3 Å². The zero-order valence-electron chi connectivity index (χ0n) is 15.8. The maximum atomic E-state index is 13.7. The summed E-state index contributed by atoms with van der Waals surface area (Å²) in [6, 6.07) is 3.43. The van der Waals surface area contributed by atoms with Gasteiger partial charge in [0.25, 0.3) is 0 Å². The molecule has 1 aliphatic heterocycles. The maximum Gasteiger partial charge on any atom is 0.433 e. The molecule has 0 radical (unpaired) electrons. The number of dihydropyridines is 1. The molecule has 30 heavy (non-hydrogen) atoms. The number of ether oxygens (including phenoxy) is 2. The van der Waals surface area contributed by atoms with Crippen LogP contribution in [0.25, 0.3) is 5.57 Å². The Labute approximate surface area is 167 Å². The van der Waals surface area contributed by atoms with Gasteiger partial charge in [-0.05, 0) is 25.0 Å². The predicted octanol–water partition coefficient (Wildman–Crippen LogP) is 4.13. The van der Waals surface area contributed by atoms with Gasteiger partial charge in [-0.3, -0.25) is 9.79 Å². The second-order valence-corrected chi connectivity index (χ2v) is 6.07. The number of carbonyl (C=O) groups excluding carboxylic acids is 2. The molecule has 0 fully saturated rings. The van der Waals surface area contributed by atoms with Gasteiger partial charge in [-0.2, -0.15) is 26.3 Å². The van der Waals surface area contributed by atoms with E-state index in [1.807, 2.05) is 0 Å². The van der Waals surface area contributed by atoms with Gasteiger partial charge >= 0.3 is 24.3 Å². The molecule has 1 aromatic carbocycles. The van der Waals surface area contributed by atoms with E-state index in [0.717, 1.165) is 0 Å². The van der Waals surface area contributed by atoms with Gasteiger partial charge in [0.2, 0.25) is 0 Å². The Morgan fingerprint density at radius 3 is 2.00 bits per heavy atom. The van der Waals surface area contributed by atoms with E-state index in [9.17, 15) is 35.9 Å². The van der Waals surface area contributed by atoms with Gasteiger partial charge in [0.15, 0.2) is 11.8 Å². The van der Waals surface area contributed by atoms with Gasteiger partial charge < -0.3 is 9.47 Å². The molecule has 0 N–H and O–H groups in total. The van der Waals surface area contributed by atoms with Crippen LogP contribution in [0.15, 0.2) is 40.9 Å². The lowest BCUT2D eigenvalue weighted by molar-refractivity contribution is -0.171. The summed E-state index contributed by atoms with van der Waals surface area (Å²) in [5.41, 5.74) is -4.28. The number of alkyl halides is 6. The van der Waals surface area contributed by atoms with E-state index in [1.165, 1.54) is 44.2 Å². The average Bonchev–Trinajstić information content (AvgIpc) is 2.65. The van der Waals surface area contributed by atoms with E-state index >= 15 is 0 Å². The highest BCUT2D eigenvalue weighted by Crippen LogP contribution is 2.44. The molecule has 5 nitrogen and oxygen atoms in total. The first-order valence-corrected chi connectivity index (χ1v) is 8.78. The fourth-order valence-corrected chi connectivity index (χ4v) is 3.03. The van der Waals surface area contributed by atoms with Crippen molar-refractivity contribution in [2.24, 2.45) is 10.9 Å². The van der Waals surface area contributed by atoms with Crippen molar-refractivity contribution in [3.63, 3.8) is 0 Å². The molecule has 0 bridgehead atoms. The lowest BCUT2D eigenvalue weighted by Crippen LogP contribution is -2.47. The molecule has 1 aromatic rings. The SMILES string of the molecule is CCOC(=O)C1=C(c2ccccc2)C(C(=O)OCC)C(C(F)(F)F)N=C1C(F)(F)F. The molecule has 0 saturated carbocycles. The third-order valence-electron chi connectivity index (χ3n) is 4.11. The first-order valence-electron chi connectivity index (χ1n) is 8.78. The third kappa shape index (κ3) is 4.82. The lowest BCUT2D eigenvalue weighted by Gasteiger charge is -2.33. The van der Waals surface area contributed by atoms with Gasteiger partial charge in [0, 0.05) is 0 Å². The van der Waals surface area contributed by atoms with E-state index in [4.69, 9.17) is 4.74 Å². The molecule has 2 rings (SSSR count). The molecule has 1 heterocycles. The summed E-state index contributed by atoms with van der Waals surface area (Å²) in [5.74, 6) is -5.31. The first-order chi connectivity index (χ1) is 13.9. The number of rotatable bonds is 5.